The molecule has 0 aliphatic carbocycles. The van der Waals surface area contributed by atoms with Crippen molar-refractivity contribution < 1.29 is 13.6 Å². The van der Waals surface area contributed by atoms with Crippen molar-refractivity contribution in [1.29, 1.82) is 0 Å². The van der Waals surface area contributed by atoms with E-state index in [4.69, 9.17) is 0 Å². The highest BCUT2D eigenvalue weighted by Gasteiger charge is 2.20. The van der Waals surface area contributed by atoms with Crippen molar-refractivity contribution in [3.8, 4) is 22.5 Å². The highest BCUT2D eigenvalue weighted by Crippen LogP contribution is 2.31. The largest absolute Gasteiger partial charge is 0.323 e. The Labute approximate surface area is 187 Å². The lowest BCUT2D eigenvalue weighted by molar-refractivity contribution is -0.115. The van der Waals surface area contributed by atoms with Gasteiger partial charge in [0.2, 0.25) is 11.1 Å². The van der Waals surface area contributed by atoms with Gasteiger partial charge in [-0.3, -0.25) is 4.79 Å². The summed E-state index contributed by atoms with van der Waals surface area (Å²) in [6, 6.07) is 22.2. The number of aromatic nitrogens is 3. The number of thioether (sulfide) groups is 1. The Morgan fingerprint density at radius 3 is 2.12 bits per heavy atom. The molecule has 0 aliphatic rings. The van der Waals surface area contributed by atoms with Crippen molar-refractivity contribution in [2.24, 2.45) is 0 Å². The first-order valence-electron chi connectivity index (χ1n) is 9.79. The van der Waals surface area contributed by atoms with Crippen molar-refractivity contribution in [2.45, 2.75) is 17.3 Å². The van der Waals surface area contributed by atoms with Crippen LogP contribution in [0, 0.1) is 11.6 Å². The van der Waals surface area contributed by atoms with Crippen molar-refractivity contribution in [2.75, 3.05) is 5.32 Å². The van der Waals surface area contributed by atoms with E-state index in [-0.39, 0.29) is 5.69 Å². The zero-order chi connectivity index (χ0) is 22.5. The second kappa shape index (κ2) is 9.65. The number of halogens is 2. The maximum absolute atomic E-state index is 13.9. The van der Waals surface area contributed by atoms with E-state index in [1.807, 2.05) is 60.7 Å². The lowest BCUT2D eigenvalue weighted by Gasteiger charge is -2.13. The number of nitrogens with zero attached hydrogens (tertiary/aromatic N) is 3. The number of hydrogen-bond acceptors (Lipinski definition) is 5. The van der Waals surface area contributed by atoms with Crippen LogP contribution < -0.4 is 5.32 Å². The van der Waals surface area contributed by atoms with Gasteiger partial charge in [0.15, 0.2) is 0 Å². The zero-order valence-corrected chi connectivity index (χ0v) is 17.8. The number of hydrogen-bond donors (Lipinski definition) is 1. The van der Waals surface area contributed by atoms with Crippen molar-refractivity contribution in [3.05, 3.63) is 90.5 Å². The number of carbonyl (C=O) groups is 1. The first kappa shape index (κ1) is 21.6. The molecule has 0 fully saturated rings. The average molecular weight is 448 g/mol. The summed E-state index contributed by atoms with van der Waals surface area (Å²) in [6.45, 7) is 1.65. The lowest BCUT2D eigenvalue weighted by Crippen LogP contribution is -2.23. The van der Waals surface area contributed by atoms with Crippen LogP contribution in [0.1, 0.15) is 6.92 Å². The van der Waals surface area contributed by atoms with Gasteiger partial charge in [0.05, 0.1) is 10.9 Å². The fraction of sp³-hybridized carbons (Fsp3) is 0.0833. The predicted molar refractivity (Wildman–Crippen MR) is 121 cm³/mol. The van der Waals surface area contributed by atoms with Crippen LogP contribution in [0.3, 0.4) is 0 Å². The minimum atomic E-state index is -0.841. The summed E-state index contributed by atoms with van der Waals surface area (Å²) in [6.07, 6.45) is 0. The van der Waals surface area contributed by atoms with Crippen LogP contribution in [-0.2, 0) is 4.79 Å². The molecular weight excluding hydrogens is 430 g/mol. The van der Waals surface area contributed by atoms with Gasteiger partial charge in [-0.1, -0.05) is 72.4 Å². The van der Waals surface area contributed by atoms with Crippen LogP contribution in [0.5, 0.6) is 0 Å². The van der Waals surface area contributed by atoms with E-state index in [0.717, 1.165) is 35.0 Å². The average Bonchev–Trinajstić information content (AvgIpc) is 2.82. The first-order valence-corrected chi connectivity index (χ1v) is 10.7. The Kier molecular flexibility index (Phi) is 6.51. The standard InChI is InChI=1S/C24H18F2N4OS/c1-15(23(31)27-20-13-12-18(25)14-19(20)26)32-24-28-21(16-8-4-2-5-9-16)22(29-30-24)17-10-6-3-7-11-17/h2-15H,1H3,(H,27,31). The topological polar surface area (TPSA) is 67.8 Å². The molecule has 160 valence electrons. The van der Waals surface area contributed by atoms with Crippen LogP contribution >= 0.6 is 11.8 Å². The summed E-state index contributed by atoms with van der Waals surface area (Å²) < 4.78 is 26.9. The van der Waals surface area contributed by atoms with Crippen LogP contribution in [0.2, 0.25) is 0 Å². The molecule has 0 saturated carbocycles. The van der Waals surface area contributed by atoms with Crippen molar-refractivity contribution in [1.82, 2.24) is 15.2 Å². The summed E-state index contributed by atoms with van der Waals surface area (Å²) >= 11 is 1.10. The molecule has 4 rings (SSSR count). The molecule has 0 saturated heterocycles. The SMILES string of the molecule is CC(Sc1nnc(-c2ccccc2)c(-c2ccccc2)n1)C(=O)Nc1ccc(F)cc1F. The molecule has 1 heterocycles. The Morgan fingerprint density at radius 1 is 0.875 bits per heavy atom. The molecule has 1 atom stereocenters. The van der Waals surface area contributed by atoms with E-state index in [9.17, 15) is 13.6 Å². The summed E-state index contributed by atoms with van der Waals surface area (Å²) in [5, 5.41) is 10.7. The molecular formula is C24H18F2N4OS. The minimum absolute atomic E-state index is 0.0905. The first-order chi connectivity index (χ1) is 15.5. The Morgan fingerprint density at radius 2 is 1.50 bits per heavy atom. The molecule has 1 aromatic heterocycles. The molecule has 1 amide bonds. The maximum atomic E-state index is 13.9. The summed E-state index contributed by atoms with van der Waals surface area (Å²) in [5.74, 6) is -2.01. The van der Waals surface area contributed by atoms with E-state index >= 15 is 0 Å². The van der Waals surface area contributed by atoms with Gasteiger partial charge in [-0.15, -0.1) is 10.2 Å². The number of nitrogens with one attached hydrogen (secondary N) is 1. The molecule has 0 spiro atoms. The van der Waals surface area contributed by atoms with Crippen LogP contribution in [-0.4, -0.2) is 26.3 Å². The number of carbonyl (C=O) groups excluding carboxylic acids is 1. The van der Waals surface area contributed by atoms with Gasteiger partial charge in [-0.2, -0.15) is 0 Å². The van der Waals surface area contributed by atoms with Gasteiger partial charge in [-0.25, -0.2) is 13.8 Å². The van der Waals surface area contributed by atoms with Crippen molar-refractivity contribution >= 4 is 23.4 Å². The van der Waals surface area contributed by atoms with Crippen LogP contribution in [0.15, 0.2) is 84.0 Å². The van der Waals surface area contributed by atoms with Gasteiger partial charge in [-0.05, 0) is 19.1 Å². The molecule has 1 unspecified atom stereocenters. The highest BCUT2D eigenvalue weighted by atomic mass is 32.2. The molecule has 3 aromatic carbocycles. The molecule has 0 aliphatic heterocycles. The molecule has 0 radical (unpaired) electrons. The molecule has 4 aromatic rings. The van der Waals surface area contributed by atoms with Gasteiger partial charge < -0.3 is 5.32 Å². The van der Waals surface area contributed by atoms with Crippen LogP contribution in [0.4, 0.5) is 14.5 Å². The summed E-state index contributed by atoms with van der Waals surface area (Å²) in [4.78, 5) is 17.2. The van der Waals surface area contributed by atoms with E-state index in [2.05, 4.69) is 20.5 Å². The van der Waals surface area contributed by atoms with Gasteiger partial charge in [0.25, 0.3) is 0 Å². The number of amides is 1. The third kappa shape index (κ3) is 4.97. The third-order valence-electron chi connectivity index (χ3n) is 4.60. The normalized spacial score (nSPS) is 11.7. The van der Waals surface area contributed by atoms with E-state index in [1.54, 1.807) is 6.92 Å². The quantitative estimate of drug-likeness (QED) is 0.389. The molecule has 8 heteroatoms. The molecule has 5 nitrogen and oxygen atoms in total. The predicted octanol–water partition coefficient (Wildman–Crippen LogP) is 5.60. The number of anilines is 1. The molecule has 32 heavy (non-hydrogen) atoms. The van der Waals surface area contributed by atoms with Gasteiger partial charge >= 0.3 is 0 Å². The third-order valence-corrected chi connectivity index (χ3v) is 5.55. The number of benzene rings is 3. The fourth-order valence-electron chi connectivity index (χ4n) is 2.99. The Hall–Kier alpha value is -3.65. The maximum Gasteiger partial charge on any atom is 0.237 e. The van der Waals surface area contributed by atoms with E-state index < -0.39 is 22.8 Å². The summed E-state index contributed by atoms with van der Waals surface area (Å²) in [7, 11) is 0. The zero-order valence-electron chi connectivity index (χ0n) is 17.0. The minimum Gasteiger partial charge on any atom is -0.323 e. The summed E-state index contributed by atoms with van der Waals surface area (Å²) in [5.41, 5.74) is 2.93. The number of rotatable bonds is 6. The monoisotopic (exact) mass is 448 g/mol. The smallest absolute Gasteiger partial charge is 0.237 e. The Bertz CT molecular complexity index is 1240. The molecule has 0 bridgehead atoms. The fourth-order valence-corrected chi connectivity index (χ4v) is 3.70. The second-order valence-corrected chi connectivity index (χ2v) is 8.21. The highest BCUT2D eigenvalue weighted by molar-refractivity contribution is 8.00. The van der Waals surface area contributed by atoms with E-state index in [0.29, 0.717) is 16.5 Å². The van der Waals surface area contributed by atoms with Gasteiger partial charge in [0, 0.05) is 17.2 Å². The van der Waals surface area contributed by atoms with Crippen LogP contribution in [0.25, 0.3) is 22.5 Å². The van der Waals surface area contributed by atoms with E-state index in [1.165, 1.54) is 6.07 Å². The second-order valence-electron chi connectivity index (χ2n) is 6.90. The molecule has 1 N–H and O–H groups in total. The Balaban J connectivity index is 1.59. The lowest BCUT2D eigenvalue weighted by atomic mass is 10.0. The van der Waals surface area contributed by atoms with Gasteiger partial charge in [0.1, 0.15) is 23.0 Å². The van der Waals surface area contributed by atoms with Crippen molar-refractivity contribution in [3.63, 3.8) is 0 Å².